The highest BCUT2D eigenvalue weighted by Crippen LogP contribution is 2.57. The van der Waals surface area contributed by atoms with Gasteiger partial charge in [0.1, 0.15) is 17.3 Å². The second-order valence-electron chi connectivity index (χ2n) is 8.59. The number of hydrogen-bond donors (Lipinski definition) is 0. The number of esters is 1. The quantitative estimate of drug-likeness (QED) is 0.677. The summed E-state index contributed by atoms with van der Waals surface area (Å²) in [5.41, 5.74) is -1.64. The Morgan fingerprint density at radius 3 is 2.52 bits per heavy atom. The zero-order valence-corrected chi connectivity index (χ0v) is 16.9. The number of allylic oxidation sites excluding steroid dienone is 1. The highest BCUT2D eigenvalue weighted by atomic mass is 16.6. The number of imide groups is 1. The van der Waals surface area contributed by atoms with Gasteiger partial charge in [-0.05, 0) is 33.3 Å². The standard InChI is InChI=1S/C22H23NO6/c1-12(24)23-14-9-6-5-8-13(14)22(20(23)27)18(19(26)29-21(2,3)4)17-15(25)10-7-11-16(17)28-22/h5-6,8-9,18H,7,10-11H2,1-4H3. The van der Waals surface area contributed by atoms with Crippen LogP contribution in [-0.4, -0.2) is 29.2 Å². The lowest BCUT2D eigenvalue weighted by Crippen LogP contribution is -2.50. The molecule has 2 unspecified atom stereocenters. The van der Waals surface area contributed by atoms with Gasteiger partial charge in [-0.25, -0.2) is 4.90 Å². The molecule has 0 aromatic heterocycles. The van der Waals surface area contributed by atoms with Gasteiger partial charge < -0.3 is 9.47 Å². The third-order valence-corrected chi connectivity index (χ3v) is 5.41. The number of carbonyl (C=O) groups is 4. The Morgan fingerprint density at radius 2 is 1.86 bits per heavy atom. The lowest BCUT2D eigenvalue weighted by molar-refractivity contribution is -0.170. The molecule has 7 nitrogen and oxygen atoms in total. The Hall–Kier alpha value is -2.96. The summed E-state index contributed by atoms with van der Waals surface area (Å²) < 4.78 is 11.8. The number of hydrogen-bond acceptors (Lipinski definition) is 6. The molecule has 0 bridgehead atoms. The van der Waals surface area contributed by atoms with E-state index < -0.39 is 34.9 Å². The maximum Gasteiger partial charge on any atom is 0.319 e. The van der Waals surface area contributed by atoms with Gasteiger partial charge in [0, 0.05) is 25.3 Å². The maximum absolute atomic E-state index is 13.6. The van der Waals surface area contributed by atoms with Crippen molar-refractivity contribution in [1.82, 2.24) is 0 Å². The first-order chi connectivity index (χ1) is 13.6. The molecule has 7 heteroatoms. The van der Waals surface area contributed by atoms with Gasteiger partial charge in [-0.3, -0.25) is 19.2 Å². The summed E-state index contributed by atoms with van der Waals surface area (Å²) in [6.45, 7) is 6.44. The largest absolute Gasteiger partial charge is 0.475 e. The fourth-order valence-corrected chi connectivity index (χ4v) is 4.43. The van der Waals surface area contributed by atoms with Gasteiger partial charge in [-0.1, -0.05) is 18.2 Å². The number of fused-ring (bicyclic) bond motifs is 2. The van der Waals surface area contributed by atoms with E-state index in [1.54, 1.807) is 45.0 Å². The summed E-state index contributed by atoms with van der Waals surface area (Å²) in [7, 11) is 0. The van der Waals surface area contributed by atoms with Crippen molar-refractivity contribution in [3.63, 3.8) is 0 Å². The summed E-state index contributed by atoms with van der Waals surface area (Å²) in [6, 6.07) is 6.72. The number of ketones is 1. The molecule has 4 rings (SSSR count). The number of nitrogens with zero attached hydrogens (tertiary/aromatic N) is 1. The number of ether oxygens (including phenoxy) is 2. The minimum atomic E-state index is -1.80. The number of rotatable bonds is 1. The Balaban J connectivity index is 1.94. The highest BCUT2D eigenvalue weighted by molar-refractivity contribution is 6.24. The van der Waals surface area contributed by atoms with Gasteiger partial charge in [0.25, 0.3) is 5.91 Å². The molecule has 3 aliphatic rings. The molecule has 29 heavy (non-hydrogen) atoms. The van der Waals surface area contributed by atoms with Gasteiger partial charge in [0.05, 0.1) is 11.3 Å². The van der Waals surface area contributed by atoms with Crippen LogP contribution < -0.4 is 4.90 Å². The van der Waals surface area contributed by atoms with Crippen LogP contribution in [0.25, 0.3) is 0 Å². The van der Waals surface area contributed by atoms with E-state index in [9.17, 15) is 19.2 Å². The number of amides is 2. The molecular formula is C22H23NO6. The van der Waals surface area contributed by atoms with Crippen molar-refractivity contribution in [1.29, 1.82) is 0 Å². The van der Waals surface area contributed by atoms with E-state index in [-0.39, 0.29) is 17.8 Å². The Labute approximate surface area is 168 Å². The van der Waals surface area contributed by atoms with Crippen LogP contribution in [0.4, 0.5) is 5.69 Å². The van der Waals surface area contributed by atoms with Gasteiger partial charge in [-0.15, -0.1) is 0 Å². The molecule has 1 aromatic carbocycles. The van der Waals surface area contributed by atoms with Crippen molar-refractivity contribution in [3.8, 4) is 0 Å². The summed E-state index contributed by atoms with van der Waals surface area (Å²) in [6.07, 6.45) is 1.32. The Bertz CT molecular complexity index is 985. The number of anilines is 1. The number of benzene rings is 1. The lowest BCUT2D eigenvalue weighted by Gasteiger charge is -2.31. The van der Waals surface area contributed by atoms with Crippen LogP contribution in [0, 0.1) is 5.92 Å². The van der Waals surface area contributed by atoms with E-state index in [0.29, 0.717) is 29.9 Å². The molecule has 2 aliphatic heterocycles. The predicted octanol–water partition coefficient (Wildman–Crippen LogP) is 2.77. The Kier molecular flexibility index (Phi) is 4.19. The van der Waals surface area contributed by atoms with E-state index in [1.807, 2.05) is 0 Å². The van der Waals surface area contributed by atoms with Crippen LogP contribution in [0.15, 0.2) is 35.6 Å². The van der Waals surface area contributed by atoms with Gasteiger partial charge in [-0.2, -0.15) is 0 Å². The van der Waals surface area contributed by atoms with Crippen LogP contribution in [-0.2, 0) is 34.3 Å². The van der Waals surface area contributed by atoms with E-state index >= 15 is 0 Å². The molecule has 1 aromatic rings. The first kappa shape index (κ1) is 19.4. The molecule has 1 spiro atoms. The first-order valence-electron chi connectivity index (χ1n) is 9.70. The molecule has 2 atom stereocenters. The zero-order chi connectivity index (χ0) is 21.1. The average molecular weight is 397 g/mol. The van der Waals surface area contributed by atoms with Crippen molar-refractivity contribution >= 4 is 29.3 Å². The molecule has 1 aliphatic carbocycles. The molecule has 0 saturated heterocycles. The predicted molar refractivity (Wildman–Crippen MR) is 103 cm³/mol. The van der Waals surface area contributed by atoms with Crippen molar-refractivity contribution in [2.45, 2.75) is 58.2 Å². The smallest absolute Gasteiger partial charge is 0.319 e. The van der Waals surface area contributed by atoms with Crippen molar-refractivity contribution < 1.29 is 28.7 Å². The highest BCUT2D eigenvalue weighted by Gasteiger charge is 2.67. The number of carbonyl (C=O) groups excluding carboxylic acids is 4. The minimum Gasteiger partial charge on any atom is -0.475 e. The van der Waals surface area contributed by atoms with Crippen LogP contribution in [0.3, 0.4) is 0 Å². The second-order valence-corrected chi connectivity index (χ2v) is 8.59. The molecule has 0 fully saturated rings. The fraction of sp³-hybridized carbons (Fsp3) is 0.455. The lowest BCUT2D eigenvalue weighted by atomic mass is 9.76. The summed E-state index contributed by atoms with van der Waals surface area (Å²) >= 11 is 0. The molecule has 2 amide bonds. The van der Waals surface area contributed by atoms with Crippen LogP contribution >= 0.6 is 0 Å². The molecule has 0 saturated carbocycles. The van der Waals surface area contributed by atoms with Crippen LogP contribution in [0.2, 0.25) is 0 Å². The summed E-state index contributed by atoms with van der Waals surface area (Å²) in [5, 5.41) is 0. The first-order valence-corrected chi connectivity index (χ1v) is 9.70. The second kappa shape index (κ2) is 6.27. The number of para-hydroxylation sites is 1. The zero-order valence-electron chi connectivity index (χ0n) is 16.9. The maximum atomic E-state index is 13.6. The third-order valence-electron chi connectivity index (χ3n) is 5.41. The van der Waals surface area contributed by atoms with Gasteiger partial charge >= 0.3 is 5.97 Å². The molecule has 0 radical (unpaired) electrons. The monoisotopic (exact) mass is 397 g/mol. The minimum absolute atomic E-state index is 0.207. The third kappa shape index (κ3) is 2.71. The van der Waals surface area contributed by atoms with E-state index in [4.69, 9.17) is 9.47 Å². The SMILES string of the molecule is CC(=O)N1C(=O)C2(OC3=C(C(=O)CCC3)C2C(=O)OC(C)(C)C)c2ccccc21. The average Bonchev–Trinajstić information content (AvgIpc) is 3.09. The normalized spacial score (nSPS) is 25.8. The van der Waals surface area contributed by atoms with Gasteiger partial charge in [0.15, 0.2) is 5.78 Å². The van der Waals surface area contributed by atoms with Crippen molar-refractivity contribution in [2.24, 2.45) is 5.92 Å². The van der Waals surface area contributed by atoms with Crippen LogP contribution in [0.5, 0.6) is 0 Å². The van der Waals surface area contributed by atoms with Crippen molar-refractivity contribution in [2.75, 3.05) is 4.90 Å². The summed E-state index contributed by atoms with van der Waals surface area (Å²) in [4.78, 5) is 53.0. The molecule has 0 N–H and O–H groups in total. The van der Waals surface area contributed by atoms with Crippen LogP contribution in [0.1, 0.15) is 52.5 Å². The van der Waals surface area contributed by atoms with E-state index in [0.717, 1.165) is 4.90 Å². The Morgan fingerprint density at radius 1 is 1.17 bits per heavy atom. The summed E-state index contributed by atoms with van der Waals surface area (Å²) in [5.74, 6) is -2.96. The van der Waals surface area contributed by atoms with E-state index in [1.165, 1.54) is 6.92 Å². The fourth-order valence-electron chi connectivity index (χ4n) is 4.43. The van der Waals surface area contributed by atoms with Crippen molar-refractivity contribution in [3.05, 3.63) is 41.2 Å². The molecule has 2 heterocycles. The van der Waals surface area contributed by atoms with E-state index in [2.05, 4.69) is 0 Å². The van der Waals surface area contributed by atoms with Gasteiger partial charge in [0.2, 0.25) is 11.5 Å². The molecular weight excluding hydrogens is 374 g/mol. The topological polar surface area (TPSA) is 90.0 Å². The molecule has 152 valence electrons. The number of Topliss-reactive ketones (excluding diaryl/α,β-unsaturated/α-hetero) is 1.